The maximum atomic E-state index is 10.7. The molecule has 72 valence electrons. The van der Waals surface area contributed by atoms with Crippen LogP contribution in [-0.2, 0) is 16.0 Å². The second-order valence-electron chi connectivity index (χ2n) is 2.18. The van der Waals surface area contributed by atoms with Crippen molar-refractivity contribution in [3.8, 4) is 0 Å². The highest BCUT2D eigenvalue weighted by Gasteiger charge is 2.07. The van der Waals surface area contributed by atoms with E-state index in [9.17, 15) is 4.79 Å². The number of carbonyl (C=O) groups excluding carboxylic acids is 1. The standard InChI is InChI=1S/C7H10N2O3S/c1-3-5-8-9-7(12-5)13-4-6(10)11-2/h3-4H2,1-2H3. The van der Waals surface area contributed by atoms with E-state index in [2.05, 4.69) is 14.9 Å². The molecule has 0 N–H and O–H groups in total. The molecule has 0 fully saturated rings. The summed E-state index contributed by atoms with van der Waals surface area (Å²) >= 11 is 1.17. The summed E-state index contributed by atoms with van der Waals surface area (Å²) < 4.78 is 9.62. The molecule has 13 heavy (non-hydrogen) atoms. The molecule has 0 aliphatic carbocycles. The monoisotopic (exact) mass is 202 g/mol. The zero-order valence-corrected chi connectivity index (χ0v) is 8.26. The maximum Gasteiger partial charge on any atom is 0.316 e. The van der Waals surface area contributed by atoms with Crippen LogP contribution in [0.5, 0.6) is 0 Å². The Balaban J connectivity index is 2.41. The van der Waals surface area contributed by atoms with Gasteiger partial charge < -0.3 is 9.15 Å². The van der Waals surface area contributed by atoms with Crippen LogP contribution in [0.3, 0.4) is 0 Å². The molecule has 5 nitrogen and oxygen atoms in total. The zero-order chi connectivity index (χ0) is 9.68. The van der Waals surface area contributed by atoms with Gasteiger partial charge in [-0.3, -0.25) is 4.79 Å². The summed E-state index contributed by atoms with van der Waals surface area (Å²) in [5.74, 6) is 0.468. The lowest BCUT2D eigenvalue weighted by atomic mass is 10.5. The van der Waals surface area contributed by atoms with Gasteiger partial charge in [0.2, 0.25) is 5.89 Å². The summed E-state index contributed by atoms with van der Waals surface area (Å²) in [5.41, 5.74) is 0. The van der Waals surface area contributed by atoms with Gasteiger partial charge in [0.25, 0.3) is 5.22 Å². The average Bonchev–Trinajstić information content (AvgIpc) is 2.61. The van der Waals surface area contributed by atoms with Gasteiger partial charge in [0.15, 0.2) is 0 Å². The van der Waals surface area contributed by atoms with Gasteiger partial charge in [-0.25, -0.2) is 0 Å². The Kier molecular flexibility index (Phi) is 3.75. The Hall–Kier alpha value is -1.04. The van der Waals surface area contributed by atoms with Crippen molar-refractivity contribution in [1.29, 1.82) is 0 Å². The van der Waals surface area contributed by atoms with Crippen LogP contribution in [0.25, 0.3) is 0 Å². The predicted molar refractivity (Wildman–Crippen MR) is 46.4 cm³/mol. The molecule has 0 aliphatic rings. The molecule has 6 heteroatoms. The normalized spacial score (nSPS) is 10.0. The van der Waals surface area contributed by atoms with E-state index in [1.165, 1.54) is 18.9 Å². The zero-order valence-electron chi connectivity index (χ0n) is 7.44. The molecule has 0 unspecified atom stereocenters. The predicted octanol–water partition coefficient (Wildman–Crippen LogP) is 0.897. The third kappa shape index (κ3) is 3.06. The molecule has 1 heterocycles. The number of methoxy groups -OCH3 is 1. The number of aromatic nitrogens is 2. The number of rotatable bonds is 4. The van der Waals surface area contributed by atoms with Gasteiger partial charge in [-0.1, -0.05) is 18.7 Å². The molecule has 0 aromatic carbocycles. The van der Waals surface area contributed by atoms with Gasteiger partial charge in [0.1, 0.15) is 5.75 Å². The minimum atomic E-state index is -0.304. The van der Waals surface area contributed by atoms with E-state index in [4.69, 9.17) is 4.42 Å². The fraction of sp³-hybridized carbons (Fsp3) is 0.571. The topological polar surface area (TPSA) is 65.2 Å². The number of ether oxygens (including phenoxy) is 1. The highest BCUT2D eigenvalue weighted by molar-refractivity contribution is 7.99. The van der Waals surface area contributed by atoms with E-state index in [-0.39, 0.29) is 11.7 Å². The van der Waals surface area contributed by atoms with E-state index in [0.29, 0.717) is 17.5 Å². The van der Waals surface area contributed by atoms with Gasteiger partial charge in [0.05, 0.1) is 7.11 Å². The Bertz CT molecular complexity index is 287. The summed E-state index contributed by atoms with van der Waals surface area (Å²) in [6, 6.07) is 0. The molecule has 1 aromatic rings. The average molecular weight is 202 g/mol. The van der Waals surface area contributed by atoms with Crippen molar-refractivity contribution in [3.63, 3.8) is 0 Å². The van der Waals surface area contributed by atoms with E-state index in [1.54, 1.807) is 0 Å². The molecule has 0 atom stereocenters. The van der Waals surface area contributed by atoms with Crippen LogP contribution in [-0.4, -0.2) is 29.0 Å². The Labute approximate surface area is 79.9 Å². The third-order valence-electron chi connectivity index (χ3n) is 1.29. The first kappa shape index (κ1) is 10.0. The smallest absolute Gasteiger partial charge is 0.316 e. The van der Waals surface area contributed by atoms with Gasteiger partial charge in [-0.2, -0.15) is 0 Å². The van der Waals surface area contributed by atoms with Gasteiger partial charge >= 0.3 is 5.97 Å². The minimum absolute atomic E-state index is 0.196. The van der Waals surface area contributed by atoms with E-state index in [1.807, 2.05) is 6.92 Å². The molecule has 0 radical (unpaired) electrons. The van der Waals surface area contributed by atoms with E-state index >= 15 is 0 Å². The molecule has 0 aliphatic heterocycles. The molecule has 0 saturated heterocycles. The number of hydrogen-bond acceptors (Lipinski definition) is 6. The molecule has 0 amide bonds. The molecule has 1 aromatic heterocycles. The number of hydrogen-bond donors (Lipinski definition) is 0. The maximum absolute atomic E-state index is 10.7. The van der Waals surface area contributed by atoms with Crippen molar-refractivity contribution in [2.24, 2.45) is 0 Å². The molecule has 0 spiro atoms. The fourth-order valence-electron chi connectivity index (χ4n) is 0.619. The first-order valence-electron chi connectivity index (χ1n) is 3.78. The number of nitrogens with zero attached hydrogens (tertiary/aromatic N) is 2. The van der Waals surface area contributed by atoms with Crippen molar-refractivity contribution in [3.05, 3.63) is 5.89 Å². The van der Waals surface area contributed by atoms with Crippen LogP contribution in [0.1, 0.15) is 12.8 Å². The fourth-order valence-corrected chi connectivity index (χ4v) is 1.23. The van der Waals surface area contributed by atoms with Crippen molar-refractivity contribution in [2.45, 2.75) is 18.6 Å². The number of thioether (sulfide) groups is 1. The van der Waals surface area contributed by atoms with Crippen molar-refractivity contribution in [2.75, 3.05) is 12.9 Å². The van der Waals surface area contributed by atoms with E-state index < -0.39 is 0 Å². The first-order valence-corrected chi connectivity index (χ1v) is 4.76. The van der Waals surface area contributed by atoms with Crippen molar-refractivity contribution >= 4 is 17.7 Å². The second kappa shape index (κ2) is 4.86. The summed E-state index contributed by atoms with van der Waals surface area (Å²) in [4.78, 5) is 10.7. The molecule has 1 rings (SSSR count). The SMILES string of the molecule is CCc1nnc(SCC(=O)OC)o1. The van der Waals surface area contributed by atoms with Crippen LogP contribution in [0.2, 0.25) is 0 Å². The van der Waals surface area contributed by atoms with Crippen LogP contribution >= 0.6 is 11.8 Å². The summed E-state index contributed by atoms with van der Waals surface area (Å²) in [6.45, 7) is 1.92. The van der Waals surface area contributed by atoms with Gasteiger partial charge in [-0.05, 0) is 0 Å². The lowest BCUT2D eigenvalue weighted by molar-refractivity contribution is -0.137. The first-order chi connectivity index (χ1) is 6.26. The molecule has 0 bridgehead atoms. The van der Waals surface area contributed by atoms with Crippen LogP contribution < -0.4 is 0 Å². The second-order valence-corrected chi connectivity index (χ2v) is 3.11. The Morgan fingerprint density at radius 3 is 2.92 bits per heavy atom. The van der Waals surface area contributed by atoms with Crippen molar-refractivity contribution in [1.82, 2.24) is 10.2 Å². The van der Waals surface area contributed by atoms with E-state index in [0.717, 1.165) is 0 Å². The molecular weight excluding hydrogens is 192 g/mol. The summed E-state index contributed by atoms with van der Waals surface area (Å²) in [7, 11) is 1.34. The van der Waals surface area contributed by atoms with Gasteiger partial charge in [-0.15, -0.1) is 10.2 Å². The van der Waals surface area contributed by atoms with Crippen molar-refractivity contribution < 1.29 is 13.9 Å². The van der Waals surface area contributed by atoms with Crippen LogP contribution in [0, 0.1) is 0 Å². The number of carbonyl (C=O) groups is 1. The minimum Gasteiger partial charge on any atom is -0.468 e. The quantitative estimate of drug-likeness (QED) is 0.533. The Morgan fingerprint density at radius 2 is 2.38 bits per heavy atom. The lowest BCUT2D eigenvalue weighted by Gasteiger charge is -1.93. The number of aryl methyl sites for hydroxylation is 1. The number of esters is 1. The van der Waals surface area contributed by atoms with Crippen LogP contribution in [0.15, 0.2) is 9.64 Å². The van der Waals surface area contributed by atoms with Gasteiger partial charge in [0, 0.05) is 6.42 Å². The third-order valence-corrected chi connectivity index (χ3v) is 2.08. The lowest BCUT2D eigenvalue weighted by Crippen LogP contribution is -2.02. The Morgan fingerprint density at radius 1 is 1.62 bits per heavy atom. The molecule has 0 saturated carbocycles. The summed E-state index contributed by atoms with van der Waals surface area (Å²) in [5, 5.41) is 7.89. The highest BCUT2D eigenvalue weighted by atomic mass is 32.2. The highest BCUT2D eigenvalue weighted by Crippen LogP contribution is 2.15. The molecular formula is C7H10N2O3S. The van der Waals surface area contributed by atoms with Crippen LogP contribution in [0.4, 0.5) is 0 Å². The largest absolute Gasteiger partial charge is 0.468 e. The summed E-state index contributed by atoms with van der Waals surface area (Å²) in [6.07, 6.45) is 0.700.